The fourth-order valence-electron chi connectivity index (χ4n) is 4.17. The van der Waals surface area contributed by atoms with Gasteiger partial charge in [0.05, 0.1) is 13.0 Å². The molecule has 1 aromatic carbocycles. The quantitative estimate of drug-likeness (QED) is 0.776. The number of hydrogen-bond donors (Lipinski definition) is 0. The molecule has 2 fully saturated rings. The maximum absolute atomic E-state index is 12.3. The first-order chi connectivity index (χ1) is 9.72. The molecule has 20 heavy (non-hydrogen) atoms. The lowest BCUT2D eigenvalue weighted by atomic mass is 9.69. The van der Waals surface area contributed by atoms with Crippen LogP contribution in [-0.2, 0) is 9.53 Å². The van der Waals surface area contributed by atoms with Gasteiger partial charge in [-0.2, -0.15) is 0 Å². The van der Waals surface area contributed by atoms with Gasteiger partial charge in [-0.05, 0) is 31.9 Å². The van der Waals surface area contributed by atoms with Gasteiger partial charge in [-0.1, -0.05) is 36.8 Å². The molecule has 0 amide bonds. The van der Waals surface area contributed by atoms with Gasteiger partial charge in [0.15, 0.2) is 0 Å². The first-order valence-electron chi connectivity index (χ1n) is 7.57. The molecule has 108 valence electrons. The molecule has 2 saturated heterocycles. The zero-order chi connectivity index (χ0) is 14.1. The van der Waals surface area contributed by atoms with Crippen molar-refractivity contribution in [2.45, 2.75) is 43.7 Å². The molecular weight excluding hydrogens is 250 g/mol. The molecule has 0 unspecified atom stereocenters. The molecule has 3 rings (SSSR count). The number of piperidine rings is 2. The van der Waals surface area contributed by atoms with Crippen LogP contribution in [0.15, 0.2) is 30.3 Å². The number of fused-ring (bicyclic) bond motifs is 2. The topological polar surface area (TPSA) is 29.5 Å². The Morgan fingerprint density at radius 3 is 2.70 bits per heavy atom. The Kier molecular flexibility index (Phi) is 3.79. The normalized spacial score (nSPS) is 33.7. The zero-order valence-corrected chi connectivity index (χ0v) is 12.3. The lowest BCUT2D eigenvalue weighted by molar-refractivity contribution is -0.153. The highest BCUT2D eigenvalue weighted by Gasteiger charge is 2.47. The second-order valence-corrected chi connectivity index (χ2v) is 6.12. The van der Waals surface area contributed by atoms with Gasteiger partial charge in [0.1, 0.15) is 0 Å². The van der Waals surface area contributed by atoms with E-state index in [1.807, 2.05) is 6.07 Å². The molecule has 2 heterocycles. The van der Waals surface area contributed by atoms with E-state index in [0.29, 0.717) is 18.0 Å². The summed E-state index contributed by atoms with van der Waals surface area (Å²) in [5.74, 6) is 0.232. The minimum atomic E-state index is -0.0453. The van der Waals surface area contributed by atoms with E-state index in [4.69, 9.17) is 4.74 Å². The van der Waals surface area contributed by atoms with Crippen molar-refractivity contribution in [3.63, 3.8) is 0 Å². The summed E-state index contributed by atoms with van der Waals surface area (Å²) in [7, 11) is 3.69. The van der Waals surface area contributed by atoms with E-state index in [0.717, 1.165) is 12.8 Å². The minimum absolute atomic E-state index is 0.0241. The fourth-order valence-corrected chi connectivity index (χ4v) is 4.17. The molecule has 3 nitrogen and oxygen atoms in total. The Labute approximate surface area is 120 Å². The smallest absolute Gasteiger partial charge is 0.310 e. The second kappa shape index (κ2) is 5.57. The van der Waals surface area contributed by atoms with Crippen molar-refractivity contribution >= 4 is 5.97 Å². The number of nitrogens with zero attached hydrogens (tertiary/aromatic N) is 1. The van der Waals surface area contributed by atoms with Crippen LogP contribution < -0.4 is 0 Å². The molecule has 2 aliphatic rings. The average Bonchev–Trinajstić information content (AvgIpc) is 2.47. The molecule has 0 radical (unpaired) electrons. The number of methoxy groups -OCH3 is 1. The molecule has 4 atom stereocenters. The molecule has 0 spiro atoms. The summed E-state index contributed by atoms with van der Waals surface area (Å²) in [4.78, 5) is 14.8. The second-order valence-electron chi connectivity index (χ2n) is 6.12. The molecule has 0 aromatic heterocycles. The maximum Gasteiger partial charge on any atom is 0.310 e. The fraction of sp³-hybridized carbons (Fsp3) is 0.588. The number of carbonyl (C=O) groups excluding carboxylic acids is 1. The Bertz CT molecular complexity index is 473. The van der Waals surface area contributed by atoms with E-state index in [9.17, 15) is 4.79 Å². The molecule has 2 aliphatic heterocycles. The van der Waals surface area contributed by atoms with Crippen LogP contribution >= 0.6 is 0 Å². The summed E-state index contributed by atoms with van der Waals surface area (Å²) in [5.41, 5.74) is 1.29. The van der Waals surface area contributed by atoms with Crippen LogP contribution in [0.3, 0.4) is 0 Å². The number of esters is 1. The standard InChI is InChI=1S/C17H23NO2/c1-18-13-9-6-10-15(18)16(17(19)20-2)14(11-13)12-7-4-3-5-8-12/h3-5,7-8,13-16H,6,9-11H2,1-2H3/t13-,14-,15+,16+/m0/s1. The van der Waals surface area contributed by atoms with E-state index in [2.05, 4.69) is 36.2 Å². The highest BCUT2D eigenvalue weighted by atomic mass is 16.5. The highest BCUT2D eigenvalue weighted by Crippen LogP contribution is 2.45. The van der Waals surface area contributed by atoms with Crippen LogP contribution in [-0.4, -0.2) is 37.1 Å². The third-order valence-corrected chi connectivity index (χ3v) is 5.21. The van der Waals surface area contributed by atoms with Crippen LogP contribution in [0.25, 0.3) is 0 Å². The zero-order valence-electron chi connectivity index (χ0n) is 12.3. The molecule has 0 N–H and O–H groups in total. The van der Waals surface area contributed by atoms with Crippen LogP contribution in [0.2, 0.25) is 0 Å². The maximum atomic E-state index is 12.3. The Morgan fingerprint density at radius 2 is 2.00 bits per heavy atom. The van der Waals surface area contributed by atoms with E-state index in [1.54, 1.807) is 0 Å². The lowest BCUT2D eigenvalue weighted by Crippen LogP contribution is -2.56. The first kappa shape index (κ1) is 13.6. The predicted molar refractivity (Wildman–Crippen MR) is 78.5 cm³/mol. The van der Waals surface area contributed by atoms with Crippen molar-refractivity contribution in [1.82, 2.24) is 4.90 Å². The van der Waals surface area contributed by atoms with Crippen LogP contribution in [0.5, 0.6) is 0 Å². The summed E-state index contributed by atoms with van der Waals surface area (Å²) in [6.07, 6.45) is 4.66. The van der Waals surface area contributed by atoms with Gasteiger partial charge in [0.2, 0.25) is 0 Å². The number of ether oxygens (including phenoxy) is 1. The Hall–Kier alpha value is -1.35. The molecular formula is C17H23NO2. The molecule has 0 aliphatic carbocycles. The van der Waals surface area contributed by atoms with Gasteiger partial charge >= 0.3 is 5.97 Å². The molecule has 2 bridgehead atoms. The summed E-state index contributed by atoms with van der Waals surface area (Å²) in [5, 5.41) is 0. The van der Waals surface area contributed by atoms with Gasteiger partial charge < -0.3 is 4.74 Å². The SMILES string of the molecule is COC(=O)[C@H]1[C@H]2CCC[C@@H](C[C@H]1c1ccccc1)N2C. The van der Waals surface area contributed by atoms with Crippen LogP contribution in [0.1, 0.15) is 37.2 Å². The predicted octanol–water partition coefficient (Wildman–Crippen LogP) is 2.82. The van der Waals surface area contributed by atoms with Crippen molar-refractivity contribution in [3.05, 3.63) is 35.9 Å². The van der Waals surface area contributed by atoms with Crippen molar-refractivity contribution < 1.29 is 9.53 Å². The number of rotatable bonds is 2. The largest absolute Gasteiger partial charge is 0.469 e. The van der Waals surface area contributed by atoms with E-state index >= 15 is 0 Å². The molecule has 1 aromatic rings. The van der Waals surface area contributed by atoms with Gasteiger partial charge in [0, 0.05) is 18.0 Å². The summed E-state index contributed by atoms with van der Waals surface area (Å²) >= 11 is 0. The van der Waals surface area contributed by atoms with Crippen molar-refractivity contribution in [3.8, 4) is 0 Å². The van der Waals surface area contributed by atoms with Gasteiger partial charge in [0.25, 0.3) is 0 Å². The van der Waals surface area contributed by atoms with Crippen LogP contribution in [0, 0.1) is 5.92 Å². The third kappa shape index (κ3) is 2.24. The number of benzene rings is 1. The highest BCUT2D eigenvalue weighted by molar-refractivity contribution is 5.75. The monoisotopic (exact) mass is 273 g/mol. The summed E-state index contributed by atoms with van der Waals surface area (Å²) < 4.78 is 5.12. The molecule has 3 heteroatoms. The van der Waals surface area contributed by atoms with E-state index in [1.165, 1.54) is 25.5 Å². The molecule has 0 saturated carbocycles. The summed E-state index contributed by atoms with van der Waals surface area (Å²) in [6.45, 7) is 0. The van der Waals surface area contributed by atoms with Crippen LogP contribution in [0.4, 0.5) is 0 Å². The van der Waals surface area contributed by atoms with Crippen molar-refractivity contribution in [2.24, 2.45) is 5.92 Å². The number of carbonyl (C=O) groups is 1. The Morgan fingerprint density at radius 1 is 1.25 bits per heavy atom. The van der Waals surface area contributed by atoms with Gasteiger partial charge in [-0.3, -0.25) is 9.69 Å². The van der Waals surface area contributed by atoms with Crippen molar-refractivity contribution in [2.75, 3.05) is 14.2 Å². The van der Waals surface area contributed by atoms with Gasteiger partial charge in [-0.15, -0.1) is 0 Å². The summed E-state index contributed by atoms with van der Waals surface area (Å²) in [6, 6.07) is 11.4. The lowest BCUT2D eigenvalue weighted by Gasteiger charge is -2.50. The van der Waals surface area contributed by atoms with Crippen molar-refractivity contribution in [1.29, 1.82) is 0 Å². The van der Waals surface area contributed by atoms with E-state index < -0.39 is 0 Å². The Balaban J connectivity index is 1.96. The first-order valence-corrected chi connectivity index (χ1v) is 7.57. The number of hydrogen-bond acceptors (Lipinski definition) is 3. The van der Waals surface area contributed by atoms with E-state index in [-0.39, 0.29) is 11.9 Å². The van der Waals surface area contributed by atoms with Gasteiger partial charge in [-0.25, -0.2) is 0 Å². The average molecular weight is 273 g/mol. The third-order valence-electron chi connectivity index (χ3n) is 5.21. The minimum Gasteiger partial charge on any atom is -0.469 e.